The van der Waals surface area contributed by atoms with Gasteiger partial charge in [-0.2, -0.15) is 10.2 Å². The van der Waals surface area contributed by atoms with E-state index in [2.05, 4.69) is 15.6 Å². The number of phenolic OH excluding ortho intramolecular Hbond substituents is 1. The quantitative estimate of drug-likeness (QED) is 0.509. The Balaban J connectivity index is 1.88. The van der Waals surface area contributed by atoms with Crippen molar-refractivity contribution in [1.82, 2.24) is 15.2 Å². The maximum atomic E-state index is 12.5. The van der Waals surface area contributed by atoms with Crippen LogP contribution in [0.5, 0.6) is 17.2 Å². The maximum Gasteiger partial charge on any atom is 0.292 e. The topological polar surface area (TPSA) is 115 Å². The lowest BCUT2D eigenvalue weighted by atomic mass is 10.1. The highest BCUT2D eigenvalue weighted by atomic mass is 16.5. The van der Waals surface area contributed by atoms with E-state index in [9.17, 15) is 14.7 Å². The van der Waals surface area contributed by atoms with Crippen molar-refractivity contribution >= 4 is 22.9 Å². The molecule has 0 saturated carbocycles. The number of carbonyl (C=O) groups excluding carboxylic acids is 1. The Kier molecular flexibility index (Phi) is 5.25. The predicted molar refractivity (Wildman–Crippen MR) is 103 cm³/mol. The van der Waals surface area contributed by atoms with Crippen LogP contribution < -0.4 is 20.5 Å². The molecule has 0 atom stereocenters. The number of ether oxygens (including phenoxy) is 2. The summed E-state index contributed by atoms with van der Waals surface area (Å²) in [6.45, 7) is 0. The number of nitrogens with one attached hydrogen (secondary N) is 1. The molecule has 0 radical (unpaired) electrons. The van der Waals surface area contributed by atoms with Gasteiger partial charge in [-0.05, 0) is 18.2 Å². The normalized spacial score (nSPS) is 11.0. The number of rotatable bonds is 5. The Bertz CT molecular complexity index is 1110. The van der Waals surface area contributed by atoms with E-state index in [0.717, 1.165) is 4.68 Å². The van der Waals surface area contributed by atoms with Crippen LogP contribution in [-0.4, -0.2) is 41.2 Å². The van der Waals surface area contributed by atoms with Gasteiger partial charge in [0.15, 0.2) is 17.2 Å². The third-order valence-electron chi connectivity index (χ3n) is 4.05. The van der Waals surface area contributed by atoms with E-state index in [-0.39, 0.29) is 28.5 Å². The van der Waals surface area contributed by atoms with Crippen molar-refractivity contribution in [2.45, 2.75) is 0 Å². The van der Waals surface area contributed by atoms with Crippen molar-refractivity contribution in [2.75, 3.05) is 14.2 Å². The summed E-state index contributed by atoms with van der Waals surface area (Å²) in [4.78, 5) is 24.7. The molecule has 9 heteroatoms. The number of fused-ring (bicyclic) bond motifs is 1. The van der Waals surface area contributed by atoms with Gasteiger partial charge in [0, 0.05) is 18.0 Å². The van der Waals surface area contributed by atoms with Gasteiger partial charge < -0.3 is 14.6 Å². The van der Waals surface area contributed by atoms with Gasteiger partial charge in [-0.15, -0.1) is 0 Å². The van der Waals surface area contributed by atoms with E-state index in [1.807, 2.05) is 0 Å². The van der Waals surface area contributed by atoms with Crippen molar-refractivity contribution < 1.29 is 19.4 Å². The standard InChI is InChI=1S/C19H18N4O5/c1-23-19(26)13-7-5-4-6-12(13)16(22-23)18(25)21-20-10-11-8-14(27-2)17(24)15(9-11)28-3/h4-10,24H,1-3H3,(H,21,25)/b20-10+. The molecule has 9 nitrogen and oxygen atoms in total. The monoisotopic (exact) mass is 382 g/mol. The number of hydrazone groups is 1. The minimum Gasteiger partial charge on any atom is -0.502 e. The molecular weight excluding hydrogens is 364 g/mol. The van der Waals surface area contributed by atoms with Crippen LogP contribution in [0.3, 0.4) is 0 Å². The second-order valence-electron chi connectivity index (χ2n) is 5.80. The zero-order chi connectivity index (χ0) is 20.3. The van der Waals surface area contributed by atoms with E-state index < -0.39 is 5.91 Å². The first-order chi connectivity index (χ1) is 13.5. The Labute approximate surface area is 159 Å². The van der Waals surface area contributed by atoms with Crippen LogP contribution in [0.4, 0.5) is 0 Å². The molecule has 0 unspecified atom stereocenters. The van der Waals surface area contributed by atoms with Gasteiger partial charge in [-0.1, -0.05) is 18.2 Å². The van der Waals surface area contributed by atoms with Crippen LogP contribution in [0.15, 0.2) is 46.3 Å². The smallest absolute Gasteiger partial charge is 0.292 e. The van der Waals surface area contributed by atoms with Crippen molar-refractivity contribution in [3.05, 3.63) is 58.0 Å². The Hall–Kier alpha value is -3.88. The molecule has 1 aromatic heterocycles. The van der Waals surface area contributed by atoms with E-state index in [1.54, 1.807) is 24.3 Å². The fourth-order valence-corrected chi connectivity index (χ4v) is 2.67. The number of nitrogens with zero attached hydrogens (tertiary/aromatic N) is 3. The highest BCUT2D eigenvalue weighted by molar-refractivity contribution is 6.05. The van der Waals surface area contributed by atoms with Crippen molar-refractivity contribution in [3.63, 3.8) is 0 Å². The van der Waals surface area contributed by atoms with Crippen LogP contribution in [0.1, 0.15) is 16.1 Å². The molecular formula is C19H18N4O5. The lowest BCUT2D eigenvalue weighted by Crippen LogP contribution is -2.27. The summed E-state index contributed by atoms with van der Waals surface area (Å²) in [6, 6.07) is 9.79. The zero-order valence-electron chi connectivity index (χ0n) is 15.5. The molecule has 28 heavy (non-hydrogen) atoms. The van der Waals surface area contributed by atoms with Crippen molar-refractivity contribution in [3.8, 4) is 17.2 Å². The minimum absolute atomic E-state index is 0.0794. The molecule has 1 amide bonds. The highest BCUT2D eigenvalue weighted by Crippen LogP contribution is 2.36. The van der Waals surface area contributed by atoms with E-state index in [1.165, 1.54) is 39.6 Å². The molecule has 3 rings (SSSR count). The van der Waals surface area contributed by atoms with Gasteiger partial charge in [0.1, 0.15) is 0 Å². The first-order valence-electron chi connectivity index (χ1n) is 8.20. The summed E-state index contributed by atoms with van der Waals surface area (Å²) in [5.41, 5.74) is 2.70. The second kappa shape index (κ2) is 7.78. The molecule has 144 valence electrons. The molecule has 0 aliphatic rings. The van der Waals surface area contributed by atoms with E-state index >= 15 is 0 Å². The highest BCUT2D eigenvalue weighted by Gasteiger charge is 2.15. The van der Waals surface area contributed by atoms with E-state index in [4.69, 9.17) is 9.47 Å². The van der Waals surface area contributed by atoms with Crippen LogP contribution in [-0.2, 0) is 7.05 Å². The van der Waals surface area contributed by atoms with Crippen molar-refractivity contribution in [2.24, 2.45) is 12.1 Å². The van der Waals surface area contributed by atoms with Crippen LogP contribution in [0, 0.1) is 0 Å². The van der Waals surface area contributed by atoms with Gasteiger partial charge in [0.05, 0.1) is 25.8 Å². The lowest BCUT2D eigenvalue weighted by Gasteiger charge is -2.09. The fourth-order valence-electron chi connectivity index (χ4n) is 2.67. The molecule has 1 heterocycles. The average molecular weight is 382 g/mol. The zero-order valence-corrected chi connectivity index (χ0v) is 15.5. The Morgan fingerprint density at radius 2 is 1.79 bits per heavy atom. The van der Waals surface area contributed by atoms with Gasteiger partial charge >= 0.3 is 0 Å². The lowest BCUT2D eigenvalue weighted by molar-refractivity contribution is 0.0950. The Morgan fingerprint density at radius 3 is 2.39 bits per heavy atom. The minimum atomic E-state index is -0.569. The number of aryl methyl sites for hydroxylation is 1. The molecule has 0 bridgehead atoms. The molecule has 2 aromatic carbocycles. The first-order valence-corrected chi connectivity index (χ1v) is 8.20. The summed E-state index contributed by atoms with van der Waals surface area (Å²) >= 11 is 0. The average Bonchev–Trinajstić information content (AvgIpc) is 2.71. The van der Waals surface area contributed by atoms with Crippen LogP contribution in [0.2, 0.25) is 0 Å². The van der Waals surface area contributed by atoms with Gasteiger partial charge in [0.25, 0.3) is 11.5 Å². The maximum absolute atomic E-state index is 12.5. The third kappa shape index (κ3) is 3.50. The molecule has 0 saturated heterocycles. The first kappa shape index (κ1) is 18.9. The third-order valence-corrected chi connectivity index (χ3v) is 4.05. The molecule has 0 spiro atoms. The summed E-state index contributed by atoms with van der Waals surface area (Å²) in [7, 11) is 4.30. The summed E-state index contributed by atoms with van der Waals surface area (Å²) in [5, 5.41) is 18.7. The number of hydrogen-bond donors (Lipinski definition) is 2. The number of methoxy groups -OCH3 is 2. The number of phenols is 1. The summed E-state index contributed by atoms with van der Waals surface area (Å²) in [5.74, 6) is -0.288. The molecule has 0 fully saturated rings. The number of carbonyl (C=O) groups is 1. The van der Waals surface area contributed by atoms with Crippen LogP contribution >= 0.6 is 0 Å². The Morgan fingerprint density at radius 1 is 1.18 bits per heavy atom. The second-order valence-corrected chi connectivity index (χ2v) is 5.80. The predicted octanol–water partition coefficient (Wildman–Crippen LogP) is 1.42. The van der Waals surface area contributed by atoms with Crippen molar-refractivity contribution in [1.29, 1.82) is 0 Å². The van der Waals surface area contributed by atoms with Gasteiger partial charge in [0.2, 0.25) is 5.75 Å². The number of aromatic nitrogens is 2. The summed E-state index contributed by atoms with van der Waals surface area (Å²) < 4.78 is 11.3. The molecule has 0 aliphatic carbocycles. The van der Waals surface area contributed by atoms with Gasteiger partial charge in [-0.25, -0.2) is 10.1 Å². The van der Waals surface area contributed by atoms with Gasteiger partial charge in [-0.3, -0.25) is 9.59 Å². The molecule has 0 aliphatic heterocycles. The largest absolute Gasteiger partial charge is 0.502 e. The number of benzene rings is 2. The van der Waals surface area contributed by atoms with E-state index in [0.29, 0.717) is 16.3 Å². The molecule has 2 N–H and O–H groups in total. The fraction of sp³-hybridized carbons (Fsp3) is 0.158. The number of aromatic hydroxyl groups is 1. The van der Waals surface area contributed by atoms with Crippen LogP contribution in [0.25, 0.3) is 10.8 Å². The number of amides is 1. The summed E-state index contributed by atoms with van der Waals surface area (Å²) in [6.07, 6.45) is 1.37. The number of hydrogen-bond acceptors (Lipinski definition) is 7. The SMILES string of the molecule is COc1cc(/C=N/NC(=O)c2nn(C)c(=O)c3ccccc23)cc(OC)c1O. The molecule has 3 aromatic rings.